The number of hydrogen-bond donors (Lipinski definition) is 1. The molecule has 2 aromatic rings. The van der Waals surface area contributed by atoms with Crippen LogP contribution in [0.5, 0.6) is 0 Å². The normalized spacial score (nSPS) is 11.3. The summed E-state index contributed by atoms with van der Waals surface area (Å²) in [5.74, 6) is 0. The second-order valence-electron chi connectivity index (χ2n) is 5.31. The van der Waals surface area contributed by atoms with Crippen molar-refractivity contribution in [3.05, 3.63) is 51.8 Å². The zero-order chi connectivity index (χ0) is 15.2. The first kappa shape index (κ1) is 16.2. The highest BCUT2D eigenvalue weighted by Crippen LogP contribution is 2.22. The summed E-state index contributed by atoms with van der Waals surface area (Å²) < 4.78 is 3.07. The minimum atomic E-state index is 0.719. The Bertz CT molecular complexity index is 565. The molecular formula is C16H23BrN4. The van der Waals surface area contributed by atoms with Gasteiger partial charge < -0.3 is 5.73 Å². The molecule has 0 aliphatic heterocycles. The lowest BCUT2D eigenvalue weighted by Crippen LogP contribution is -2.26. The summed E-state index contributed by atoms with van der Waals surface area (Å²) in [7, 11) is 2.00. The summed E-state index contributed by atoms with van der Waals surface area (Å²) in [5, 5.41) is 4.47. The van der Waals surface area contributed by atoms with Crippen molar-refractivity contribution in [1.82, 2.24) is 14.7 Å². The predicted molar refractivity (Wildman–Crippen MR) is 89.9 cm³/mol. The third-order valence-corrected chi connectivity index (χ3v) is 4.59. The third kappa shape index (κ3) is 4.40. The van der Waals surface area contributed by atoms with Crippen LogP contribution in [0.15, 0.2) is 34.8 Å². The van der Waals surface area contributed by atoms with Crippen molar-refractivity contribution in [2.24, 2.45) is 12.8 Å². The van der Waals surface area contributed by atoms with Gasteiger partial charge in [0.1, 0.15) is 0 Å². The lowest BCUT2D eigenvalue weighted by molar-refractivity contribution is 0.248. The average Bonchev–Trinajstić information content (AvgIpc) is 2.72. The molecule has 5 heteroatoms. The summed E-state index contributed by atoms with van der Waals surface area (Å²) >= 11 is 3.65. The summed E-state index contributed by atoms with van der Waals surface area (Å²) in [6.45, 7) is 5.53. The molecule has 2 rings (SSSR count). The number of hydrogen-bond acceptors (Lipinski definition) is 3. The first-order valence-corrected chi connectivity index (χ1v) is 8.05. The zero-order valence-corrected chi connectivity index (χ0v) is 14.3. The lowest BCUT2D eigenvalue weighted by Gasteiger charge is -2.22. The maximum Gasteiger partial charge on any atom is 0.0739 e. The van der Waals surface area contributed by atoms with Crippen LogP contribution in [-0.4, -0.2) is 27.8 Å². The highest BCUT2D eigenvalue weighted by atomic mass is 79.9. The number of rotatable bonds is 7. The first-order valence-electron chi connectivity index (χ1n) is 7.26. The molecule has 0 amide bonds. The predicted octanol–water partition coefficient (Wildman–Crippen LogP) is 2.84. The molecule has 0 aliphatic rings. The van der Waals surface area contributed by atoms with Crippen LogP contribution >= 0.6 is 15.9 Å². The zero-order valence-electron chi connectivity index (χ0n) is 12.7. The summed E-state index contributed by atoms with van der Waals surface area (Å²) in [5.41, 5.74) is 9.24. The van der Waals surface area contributed by atoms with Gasteiger partial charge in [-0.3, -0.25) is 9.58 Å². The van der Waals surface area contributed by atoms with E-state index >= 15 is 0 Å². The van der Waals surface area contributed by atoms with Gasteiger partial charge in [0.2, 0.25) is 0 Å². The van der Waals surface area contributed by atoms with Crippen molar-refractivity contribution in [3.8, 4) is 0 Å². The number of benzene rings is 1. The van der Waals surface area contributed by atoms with Crippen LogP contribution in [0.2, 0.25) is 0 Å². The number of aromatic nitrogens is 2. The average molecular weight is 351 g/mol. The van der Waals surface area contributed by atoms with Gasteiger partial charge in [-0.2, -0.15) is 5.10 Å². The highest BCUT2D eigenvalue weighted by molar-refractivity contribution is 9.10. The second-order valence-corrected chi connectivity index (χ2v) is 6.10. The number of nitrogens with zero attached hydrogens (tertiary/aromatic N) is 3. The van der Waals surface area contributed by atoms with Crippen molar-refractivity contribution in [2.75, 3.05) is 13.1 Å². The topological polar surface area (TPSA) is 47.1 Å². The van der Waals surface area contributed by atoms with Crippen molar-refractivity contribution >= 4 is 15.9 Å². The van der Waals surface area contributed by atoms with Gasteiger partial charge in [0.15, 0.2) is 0 Å². The fraction of sp³-hybridized carbons (Fsp3) is 0.438. The molecule has 0 bridgehead atoms. The molecular weight excluding hydrogens is 328 g/mol. The molecule has 0 fully saturated rings. The molecule has 4 nitrogen and oxygen atoms in total. The van der Waals surface area contributed by atoms with Gasteiger partial charge in [0.05, 0.1) is 15.9 Å². The van der Waals surface area contributed by atoms with Crippen LogP contribution in [0.4, 0.5) is 0 Å². The fourth-order valence-electron chi connectivity index (χ4n) is 2.43. The van der Waals surface area contributed by atoms with Gasteiger partial charge in [-0.05, 0) is 41.4 Å². The Morgan fingerprint density at radius 1 is 1.24 bits per heavy atom. The van der Waals surface area contributed by atoms with E-state index in [1.54, 1.807) is 0 Å². The van der Waals surface area contributed by atoms with Crippen molar-refractivity contribution in [2.45, 2.75) is 26.4 Å². The monoisotopic (exact) mass is 350 g/mol. The van der Waals surface area contributed by atoms with E-state index in [0.717, 1.165) is 42.8 Å². The van der Waals surface area contributed by atoms with Gasteiger partial charge in [0.25, 0.3) is 0 Å². The Morgan fingerprint density at radius 2 is 1.95 bits per heavy atom. The number of aryl methyl sites for hydroxylation is 2. The highest BCUT2D eigenvalue weighted by Gasteiger charge is 2.15. The van der Waals surface area contributed by atoms with Crippen molar-refractivity contribution in [3.63, 3.8) is 0 Å². The SMILES string of the molecule is Cc1nn(C)c(CN(CCCN)Cc2ccccc2)c1Br. The van der Waals surface area contributed by atoms with Crippen LogP contribution in [-0.2, 0) is 20.1 Å². The van der Waals surface area contributed by atoms with Gasteiger partial charge in [-0.25, -0.2) is 0 Å². The van der Waals surface area contributed by atoms with Gasteiger partial charge >= 0.3 is 0 Å². The van der Waals surface area contributed by atoms with E-state index in [4.69, 9.17) is 5.73 Å². The van der Waals surface area contributed by atoms with Crippen LogP contribution in [0, 0.1) is 6.92 Å². The minimum absolute atomic E-state index is 0.719. The molecule has 0 saturated heterocycles. The van der Waals surface area contributed by atoms with E-state index in [9.17, 15) is 0 Å². The Kier molecular flexibility index (Phi) is 5.96. The van der Waals surface area contributed by atoms with Gasteiger partial charge in [0, 0.05) is 26.7 Å². The molecule has 1 aromatic carbocycles. The smallest absolute Gasteiger partial charge is 0.0739 e. The first-order chi connectivity index (χ1) is 10.1. The van der Waals surface area contributed by atoms with E-state index in [0.29, 0.717) is 0 Å². The van der Waals surface area contributed by atoms with Crippen LogP contribution < -0.4 is 5.73 Å². The van der Waals surface area contributed by atoms with Crippen LogP contribution in [0.25, 0.3) is 0 Å². The largest absolute Gasteiger partial charge is 0.330 e. The van der Waals surface area contributed by atoms with Crippen molar-refractivity contribution < 1.29 is 0 Å². The Morgan fingerprint density at radius 3 is 2.52 bits per heavy atom. The van der Waals surface area contributed by atoms with E-state index < -0.39 is 0 Å². The van der Waals surface area contributed by atoms with Gasteiger partial charge in [-0.15, -0.1) is 0 Å². The minimum Gasteiger partial charge on any atom is -0.330 e. The summed E-state index contributed by atoms with van der Waals surface area (Å²) in [6, 6.07) is 10.5. The molecule has 2 N–H and O–H groups in total. The molecule has 0 radical (unpaired) electrons. The third-order valence-electron chi connectivity index (χ3n) is 3.56. The quantitative estimate of drug-likeness (QED) is 0.835. The molecule has 0 spiro atoms. The van der Waals surface area contributed by atoms with Crippen molar-refractivity contribution in [1.29, 1.82) is 0 Å². The molecule has 1 heterocycles. The second kappa shape index (κ2) is 7.73. The van der Waals surface area contributed by atoms with E-state index in [1.165, 1.54) is 11.3 Å². The molecule has 1 aromatic heterocycles. The Balaban J connectivity index is 2.12. The number of halogens is 1. The Hall–Kier alpha value is -1.17. The summed E-state index contributed by atoms with van der Waals surface area (Å²) in [4.78, 5) is 2.42. The maximum absolute atomic E-state index is 5.67. The summed E-state index contributed by atoms with van der Waals surface area (Å²) in [6.07, 6.45) is 1.00. The molecule has 21 heavy (non-hydrogen) atoms. The fourth-order valence-corrected chi connectivity index (χ4v) is 2.90. The molecule has 0 atom stereocenters. The van der Waals surface area contributed by atoms with E-state index in [-0.39, 0.29) is 0 Å². The maximum atomic E-state index is 5.67. The van der Waals surface area contributed by atoms with Crippen LogP contribution in [0.3, 0.4) is 0 Å². The Labute approximate surface area is 135 Å². The number of nitrogens with two attached hydrogens (primary N) is 1. The van der Waals surface area contributed by atoms with Crippen LogP contribution in [0.1, 0.15) is 23.4 Å². The standard InChI is InChI=1S/C16H23BrN4/c1-13-16(17)15(20(2)19-13)12-21(10-6-9-18)11-14-7-4-3-5-8-14/h3-5,7-8H,6,9-12,18H2,1-2H3. The molecule has 0 unspecified atom stereocenters. The van der Waals surface area contributed by atoms with E-state index in [2.05, 4.69) is 56.3 Å². The molecule has 0 aliphatic carbocycles. The lowest BCUT2D eigenvalue weighted by atomic mass is 10.2. The van der Waals surface area contributed by atoms with E-state index in [1.807, 2.05) is 18.7 Å². The van der Waals surface area contributed by atoms with Gasteiger partial charge in [-0.1, -0.05) is 30.3 Å². The molecule has 114 valence electrons. The molecule has 0 saturated carbocycles.